The van der Waals surface area contributed by atoms with Crippen molar-refractivity contribution in [1.82, 2.24) is 34.8 Å². The van der Waals surface area contributed by atoms with Crippen LogP contribution in [0.15, 0.2) is 48.5 Å². The topological polar surface area (TPSA) is 174 Å². The van der Waals surface area contributed by atoms with Crippen molar-refractivity contribution in [2.75, 3.05) is 24.1 Å². The molecule has 0 radical (unpaired) electrons. The van der Waals surface area contributed by atoms with E-state index >= 15 is 8.78 Å². The van der Waals surface area contributed by atoms with E-state index in [2.05, 4.69) is 32.1 Å². The summed E-state index contributed by atoms with van der Waals surface area (Å²) in [5.41, 5.74) is -4.86. The highest BCUT2D eigenvalue weighted by Crippen LogP contribution is 2.64. The van der Waals surface area contributed by atoms with E-state index in [0.29, 0.717) is 27.2 Å². The SMILES string of the molecule is Cn1nc(NS(C)(=O)=O)c2cccc(-c3ccc(C#CC4(O)CN(C(=O)OC(C)(C)C)C4)nc3[C@H](Cc3cc(F)cc(F)c3)NC(=O)Cn3nc(C(F)(F)F)c4c3C(F)(F)[C@@H]3CC[C@H]43)c21. The molecule has 2 amide bonds. The van der Waals surface area contributed by atoms with Crippen molar-refractivity contribution < 1.29 is 58.6 Å². The smallest absolute Gasteiger partial charge is 0.435 e. The van der Waals surface area contributed by atoms with Gasteiger partial charge in [0.15, 0.2) is 17.1 Å². The molecule has 14 nitrogen and oxygen atoms in total. The number of likely N-dealkylation sites (tertiary alicyclic amines) is 1. The molecule has 65 heavy (non-hydrogen) atoms. The number of β-amino-alcohol motifs (C(OH)–C–C–N with tert-alkyl or cyclic N) is 1. The number of para-hydroxylation sites is 1. The number of carbonyl (C=O) groups is 2. The van der Waals surface area contributed by atoms with Gasteiger partial charge in [-0.15, -0.1) is 0 Å². The summed E-state index contributed by atoms with van der Waals surface area (Å²) in [5.74, 6) is -3.86. The molecule has 0 unspecified atom stereocenters. The van der Waals surface area contributed by atoms with Crippen LogP contribution < -0.4 is 10.0 Å². The lowest BCUT2D eigenvalue weighted by Crippen LogP contribution is -2.63. The van der Waals surface area contributed by atoms with Crippen molar-refractivity contribution >= 4 is 38.7 Å². The number of hydrogen-bond donors (Lipinski definition) is 3. The van der Waals surface area contributed by atoms with E-state index in [9.17, 15) is 45.1 Å². The first-order valence-corrected chi connectivity index (χ1v) is 22.1. The Morgan fingerprint density at radius 3 is 2.32 bits per heavy atom. The monoisotopic (exact) mass is 930 g/mol. The lowest BCUT2D eigenvalue weighted by molar-refractivity contribution is -0.144. The Morgan fingerprint density at radius 2 is 1.71 bits per heavy atom. The van der Waals surface area contributed by atoms with Gasteiger partial charge in [-0.3, -0.25) is 18.9 Å². The van der Waals surface area contributed by atoms with Gasteiger partial charge in [0.2, 0.25) is 15.9 Å². The van der Waals surface area contributed by atoms with Crippen LogP contribution in [0.5, 0.6) is 0 Å². The minimum Gasteiger partial charge on any atom is -0.444 e. The van der Waals surface area contributed by atoms with E-state index in [1.807, 2.05) is 0 Å². The van der Waals surface area contributed by atoms with E-state index in [1.54, 1.807) is 39.0 Å². The van der Waals surface area contributed by atoms with Crippen LogP contribution in [0.2, 0.25) is 0 Å². The normalized spacial score (nSPS) is 19.0. The van der Waals surface area contributed by atoms with Crippen LogP contribution in [0, 0.1) is 29.4 Å². The summed E-state index contributed by atoms with van der Waals surface area (Å²) in [6, 6.07) is 8.88. The summed E-state index contributed by atoms with van der Waals surface area (Å²) in [7, 11) is -2.29. The van der Waals surface area contributed by atoms with Crippen LogP contribution >= 0.6 is 0 Å². The third-order valence-corrected chi connectivity index (χ3v) is 11.9. The number of anilines is 1. The summed E-state index contributed by atoms with van der Waals surface area (Å²) in [4.78, 5) is 32.7. The van der Waals surface area contributed by atoms with Crippen LogP contribution in [0.4, 0.5) is 41.3 Å². The molecular formula is C43H41F7N8O6S. The number of aryl methyl sites for hydroxylation is 1. The fourth-order valence-corrected chi connectivity index (χ4v) is 9.16. The number of benzene rings is 2. The van der Waals surface area contributed by atoms with Gasteiger partial charge in [-0.2, -0.15) is 32.1 Å². The number of halogens is 7. The van der Waals surface area contributed by atoms with Gasteiger partial charge >= 0.3 is 12.3 Å². The molecule has 2 fully saturated rings. The average Bonchev–Trinajstić information content (AvgIpc) is 3.71. The minimum atomic E-state index is -5.11. The molecule has 344 valence electrons. The molecule has 0 spiro atoms. The van der Waals surface area contributed by atoms with E-state index < -0.39 is 105 Å². The van der Waals surface area contributed by atoms with E-state index in [-0.39, 0.29) is 54.3 Å². The number of rotatable bonds is 9. The quantitative estimate of drug-likeness (QED) is 0.110. The molecule has 22 heteroatoms. The van der Waals surface area contributed by atoms with Gasteiger partial charge in [0.05, 0.1) is 36.6 Å². The lowest BCUT2D eigenvalue weighted by Gasteiger charge is -2.43. The second kappa shape index (κ2) is 15.7. The van der Waals surface area contributed by atoms with Gasteiger partial charge in [0.1, 0.15) is 35.2 Å². The minimum absolute atomic E-state index is 0.0234. The zero-order valence-electron chi connectivity index (χ0n) is 35.3. The van der Waals surface area contributed by atoms with Gasteiger partial charge in [-0.05, 0) is 87.8 Å². The van der Waals surface area contributed by atoms with Crippen LogP contribution in [0.1, 0.15) is 79.5 Å². The molecule has 8 rings (SSSR count). The number of nitrogens with zero attached hydrogens (tertiary/aromatic N) is 6. The Labute approximate surface area is 367 Å². The largest absolute Gasteiger partial charge is 0.444 e. The molecule has 2 aromatic carbocycles. The Kier molecular flexibility index (Phi) is 11.0. The number of alkyl halides is 5. The Hall–Kier alpha value is -6.21. The number of pyridine rings is 1. The standard InChI is InChI=1S/C43H41F7N8O6S/c1-40(2,3)64-39(60)57-20-41(61,21-57)14-13-25-9-10-26(27-7-6-8-29-35(27)56(4)54-38(29)55-65(5,62)63)34(51-25)31(17-22-15-23(44)18-24(45)16-22)52-32(59)19-58-37-33(36(53-58)43(48,49)50)28-11-12-30(28)42(37,46)47/h6-10,15-16,18,28,30-31,61H,11-12,17,19-21H2,1-5H3,(H,52,59)(H,54,55)/t28-,30+,31-/m0/s1. The average molecular weight is 931 g/mol. The number of ether oxygens (including phenoxy) is 1. The number of carbonyl (C=O) groups excluding carboxylic acids is 2. The van der Waals surface area contributed by atoms with E-state index in [1.165, 1.54) is 28.8 Å². The van der Waals surface area contributed by atoms with Gasteiger partial charge in [-0.25, -0.2) is 27.0 Å². The van der Waals surface area contributed by atoms with Crippen LogP contribution in [-0.4, -0.2) is 85.5 Å². The summed E-state index contributed by atoms with van der Waals surface area (Å²) < 4.78 is 138. The zero-order chi connectivity index (χ0) is 47.2. The molecule has 2 aliphatic carbocycles. The van der Waals surface area contributed by atoms with Crippen molar-refractivity contribution in [2.24, 2.45) is 13.0 Å². The molecule has 1 saturated carbocycles. The third kappa shape index (κ3) is 8.95. The molecule has 1 saturated heterocycles. The van der Waals surface area contributed by atoms with Crippen LogP contribution in [0.3, 0.4) is 0 Å². The Balaban J connectivity index is 1.24. The van der Waals surface area contributed by atoms with Crippen LogP contribution in [0.25, 0.3) is 22.0 Å². The number of aliphatic hydroxyl groups is 1. The van der Waals surface area contributed by atoms with E-state index in [4.69, 9.17) is 9.72 Å². The fraction of sp³-hybridized carbons (Fsp3) is 0.419. The van der Waals surface area contributed by atoms with Gasteiger partial charge in [0.25, 0.3) is 5.92 Å². The maximum absolute atomic E-state index is 15.7. The Morgan fingerprint density at radius 1 is 1.02 bits per heavy atom. The maximum atomic E-state index is 15.7. The summed E-state index contributed by atoms with van der Waals surface area (Å²) in [6.45, 7) is 3.49. The number of hydrogen-bond acceptors (Lipinski definition) is 9. The molecule has 0 bridgehead atoms. The van der Waals surface area contributed by atoms with Gasteiger partial charge in [0, 0.05) is 41.1 Å². The summed E-state index contributed by atoms with van der Waals surface area (Å²) in [5, 5.41) is 21.9. The summed E-state index contributed by atoms with van der Waals surface area (Å²) >= 11 is 0. The summed E-state index contributed by atoms with van der Waals surface area (Å²) in [6.07, 6.45) is -5.22. The molecule has 3 aromatic heterocycles. The zero-order valence-corrected chi connectivity index (χ0v) is 36.1. The number of aromatic nitrogens is 5. The van der Waals surface area contributed by atoms with E-state index in [0.717, 1.165) is 18.4 Å². The molecule has 3 aliphatic rings. The molecule has 3 N–H and O–H groups in total. The second-order valence-electron chi connectivity index (χ2n) is 17.6. The van der Waals surface area contributed by atoms with Crippen molar-refractivity contribution in [2.45, 2.75) is 81.8 Å². The van der Waals surface area contributed by atoms with Crippen LogP contribution in [-0.2, 0) is 51.7 Å². The molecular weight excluding hydrogens is 890 g/mol. The second-order valence-corrected chi connectivity index (χ2v) is 19.3. The number of amides is 2. The predicted molar refractivity (Wildman–Crippen MR) is 220 cm³/mol. The first-order valence-electron chi connectivity index (χ1n) is 20.2. The van der Waals surface area contributed by atoms with Gasteiger partial charge < -0.3 is 20.1 Å². The van der Waals surface area contributed by atoms with Crippen molar-refractivity contribution in [1.29, 1.82) is 0 Å². The highest BCUT2D eigenvalue weighted by molar-refractivity contribution is 7.92. The first kappa shape index (κ1) is 45.4. The number of sulfonamides is 1. The number of fused-ring (bicyclic) bond motifs is 4. The lowest BCUT2D eigenvalue weighted by atomic mass is 9.73. The maximum Gasteiger partial charge on any atom is 0.435 e. The Bertz CT molecular complexity index is 2930. The predicted octanol–water partition coefficient (Wildman–Crippen LogP) is 6.53. The fourth-order valence-electron chi connectivity index (χ4n) is 8.66. The highest BCUT2D eigenvalue weighted by atomic mass is 32.2. The molecule has 1 aliphatic heterocycles. The number of nitrogens with one attached hydrogen (secondary N) is 2. The highest BCUT2D eigenvalue weighted by Gasteiger charge is 2.63. The van der Waals surface area contributed by atoms with Crippen molar-refractivity contribution in [3.05, 3.63) is 94.1 Å². The molecule has 5 aromatic rings. The van der Waals surface area contributed by atoms with Crippen molar-refractivity contribution in [3.8, 4) is 23.0 Å². The van der Waals surface area contributed by atoms with Crippen molar-refractivity contribution in [3.63, 3.8) is 0 Å². The molecule has 4 heterocycles. The first-order chi connectivity index (χ1) is 30.2. The molecule has 3 atom stereocenters. The third-order valence-electron chi connectivity index (χ3n) is 11.3. The van der Waals surface area contributed by atoms with Gasteiger partial charge in [-0.1, -0.05) is 18.1 Å².